The van der Waals surface area contributed by atoms with Gasteiger partial charge in [-0.15, -0.1) is 0 Å². The molecule has 0 saturated heterocycles. The number of hydrogen-bond acceptors (Lipinski definition) is 1. The van der Waals surface area contributed by atoms with Crippen molar-refractivity contribution in [2.45, 2.75) is 0 Å². The number of carbonyl (C=O) groups excluding carboxylic acids is 1. The van der Waals surface area contributed by atoms with E-state index in [9.17, 15) is 0 Å². The van der Waals surface area contributed by atoms with E-state index in [2.05, 4.69) is 146 Å². The summed E-state index contributed by atoms with van der Waals surface area (Å²) in [7, 11) is -5.70. The van der Waals surface area contributed by atoms with Crippen LogP contribution in [0, 0.1) is 0 Å². The molecule has 0 aromatic heterocycles. The third-order valence-electron chi connectivity index (χ3n) is 7.43. The van der Waals surface area contributed by atoms with Crippen LogP contribution in [0.4, 0.5) is 4.79 Å². The van der Waals surface area contributed by atoms with Crippen molar-refractivity contribution < 1.29 is 21.3 Å². The molecule has 6 aromatic rings. The minimum Gasteiger partial charge on any atom is -0.208 e. The quantitative estimate of drug-likeness (QED) is 0.133. The van der Waals surface area contributed by atoms with Crippen molar-refractivity contribution in [2.75, 3.05) is 0 Å². The number of hydrogen-bond donors (Lipinski definition) is 0. The first kappa shape index (κ1) is 28.9. The summed E-state index contributed by atoms with van der Waals surface area (Å²) in [6.45, 7) is 0. The van der Waals surface area contributed by atoms with Crippen molar-refractivity contribution >= 4 is 51.6 Å². The van der Waals surface area contributed by atoms with Gasteiger partial charge in [-0.05, 0) is 72.8 Å². The van der Waals surface area contributed by atoms with E-state index in [1.54, 1.807) is 0 Å². The van der Waals surface area contributed by atoms with Gasteiger partial charge in [0, 0.05) is 16.5 Å². The molecular formula is C37H30NiOP2+2. The van der Waals surface area contributed by atoms with E-state index in [-0.39, 0.29) is 16.5 Å². The molecule has 0 radical (unpaired) electrons. The van der Waals surface area contributed by atoms with Crippen LogP contribution in [0.25, 0.3) is 0 Å². The molecule has 0 spiro atoms. The molecule has 0 bridgehead atoms. The Morgan fingerprint density at radius 2 is 0.439 bits per heavy atom. The molecule has 202 valence electrons. The normalized spacial score (nSPS) is 11.3. The van der Waals surface area contributed by atoms with Crippen molar-refractivity contribution in [3.63, 3.8) is 0 Å². The SMILES string of the molecule is O=C([P+](c1ccccc1)(c1ccccc1)c1ccccc1)[P+](c1ccccc1)(c1ccccc1)c1ccccc1.[Ni]. The molecule has 0 atom stereocenters. The first-order chi connectivity index (χ1) is 19.8. The summed E-state index contributed by atoms with van der Waals surface area (Å²) in [5, 5.41) is 6.74. The summed E-state index contributed by atoms with van der Waals surface area (Å²) in [6, 6.07) is 62.9. The van der Waals surface area contributed by atoms with E-state index in [0.29, 0.717) is 5.27 Å². The van der Waals surface area contributed by atoms with Crippen molar-refractivity contribution in [1.82, 2.24) is 0 Å². The maximum atomic E-state index is 16.4. The van der Waals surface area contributed by atoms with Gasteiger partial charge in [-0.25, -0.2) is 4.79 Å². The maximum absolute atomic E-state index is 16.4. The van der Waals surface area contributed by atoms with Gasteiger partial charge in [0.25, 0.3) is 0 Å². The average molecular weight is 611 g/mol. The second kappa shape index (κ2) is 12.9. The molecule has 6 aromatic carbocycles. The fraction of sp³-hybridized carbons (Fsp3) is 0. The third kappa shape index (κ3) is 5.03. The molecule has 0 fully saturated rings. The zero-order valence-electron chi connectivity index (χ0n) is 22.4. The molecule has 0 aliphatic heterocycles. The molecule has 0 amide bonds. The number of carbonyl (C=O) groups is 1. The number of benzene rings is 6. The van der Waals surface area contributed by atoms with Gasteiger partial charge in [0.15, 0.2) is 0 Å². The molecule has 0 saturated carbocycles. The van der Waals surface area contributed by atoms with Crippen molar-refractivity contribution in [3.05, 3.63) is 182 Å². The van der Waals surface area contributed by atoms with E-state index in [4.69, 9.17) is 0 Å². The van der Waals surface area contributed by atoms with E-state index in [0.717, 1.165) is 31.8 Å². The van der Waals surface area contributed by atoms with Gasteiger partial charge in [-0.1, -0.05) is 109 Å². The Hall–Kier alpha value is -3.66. The topological polar surface area (TPSA) is 17.1 Å². The van der Waals surface area contributed by atoms with Crippen LogP contribution in [-0.4, -0.2) is 5.27 Å². The van der Waals surface area contributed by atoms with Crippen LogP contribution in [0.2, 0.25) is 0 Å². The summed E-state index contributed by atoms with van der Waals surface area (Å²) in [5.41, 5.74) is 0. The summed E-state index contributed by atoms with van der Waals surface area (Å²) >= 11 is 0. The van der Waals surface area contributed by atoms with Crippen LogP contribution < -0.4 is 31.8 Å². The van der Waals surface area contributed by atoms with Gasteiger partial charge in [-0.2, -0.15) is 0 Å². The standard InChI is InChI=1S/C37H30OP2.Ni/c38-37(39(31-19-7-1-8-20-31,32-21-9-2-10-22-32)33-23-11-3-12-24-33)40(34-25-13-4-14-26-34,35-27-15-5-16-28-35)36-29-17-6-18-30-36;/h1-30H;/q+2;. The van der Waals surface area contributed by atoms with Crippen LogP contribution in [0.1, 0.15) is 0 Å². The fourth-order valence-electron chi connectivity index (χ4n) is 5.69. The van der Waals surface area contributed by atoms with Crippen molar-refractivity contribution in [2.24, 2.45) is 0 Å². The van der Waals surface area contributed by atoms with E-state index < -0.39 is 14.5 Å². The van der Waals surface area contributed by atoms with Gasteiger partial charge >= 0.3 is 5.27 Å². The molecule has 0 aliphatic carbocycles. The van der Waals surface area contributed by atoms with E-state index in [1.807, 2.05) is 36.4 Å². The van der Waals surface area contributed by atoms with E-state index >= 15 is 4.79 Å². The Balaban J connectivity index is 0.00000337. The van der Waals surface area contributed by atoms with Crippen molar-refractivity contribution in [1.29, 1.82) is 0 Å². The molecule has 0 heterocycles. The molecule has 0 unspecified atom stereocenters. The molecule has 1 nitrogen and oxygen atoms in total. The average Bonchev–Trinajstić information content (AvgIpc) is 3.05. The molecular weight excluding hydrogens is 581 g/mol. The molecule has 41 heavy (non-hydrogen) atoms. The van der Waals surface area contributed by atoms with Gasteiger partial charge in [0.2, 0.25) is 14.5 Å². The molecule has 0 N–H and O–H groups in total. The Bertz CT molecular complexity index is 1360. The van der Waals surface area contributed by atoms with E-state index in [1.165, 1.54) is 0 Å². The van der Waals surface area contributed by atoms with Crippen LogP contribution in [0.15, 0.2) is 182 Å². The molecule has 6 rings (SSSR count). The first-order valence-corrected chi connectivity index (χ1v) is 17.0. The molecule has 4 heteroatoms. The summed E-state index contributed by atoms with van der Waals surface area (Å²) < 4.78 is 0. The van der Waals surface area contributed by atoms with Crippen LogP contribution in [-0.2, 0) is 16.5 Å². The van der Waals surface area contributed by atoms with Crippen LogP contribution in [0.3, 0.4) is 0 Å². The van der Waals surface area contributed by atoms with Gasteiger partial charge in [0.1, 0.15) is 31.8 Å². The monoisotopic (exact) mass is 610 g/mol. The minimum atomic E-state index is -2.85. The van der Waals surface area contributed by atoms with Crippen molar-refractivity contribution in [3.8, 4) is 0 Å². The van der Waals surface area contributed by atoms with Crippen LogP contribution in [0.5, 0.6) is 0 Å². The van der Waals surface area contributed by atoms with Crippen LogP contribution >= 0.6 is 14.5 Å². The Kier molecular flexibility index (Phi) is 9.07. The Labute approximate surface area is 253 Å². The summed E-state index contributed by atoms with van der Waals surface area (Å²) in [4.78, 5) is 16.4. The first-order valence-electron chi connectivity index (χ1n) is 13.5. The predicted octanol–water partition coefficient (Wildman–Crippen LogP) is 7.09. The molecule has 0 aliphatic rings. The van der Waals surface area contributed by atoms with Gasteiger partial charge in [-0.3, -0.25) is 0 Å². The largest absolute Gasteiger partial charge is 0.426 e. The Morgan fingerprint density at radius 3 is 0.585 bits per heavy atom. The Morgan fingerprint density at radius 1 is 0.293 bits per heavy atom. The zero-order valence-corrected chi connectivity index (χ0v) is 25.2. The fourth-order valence-corrected chi connectivity index (χ4v) is 16.4. The summed E-state index contributed by atoms with van der Waals surface area (Å²) in [5.74, 6) is 0. The number of rotatable bonds is 8. The second-order valence-electron chi connectivity index (χ2n) is 9.64. The van der Waals surface area contributed by atoms with Gasteiger partial charge < -0.3 is 0 Å². The smallest absolute Gasteiger partial charge is 0.208 e. The predicted molar refractivity (Wildman–Crippen MR) is 176 cm³/mol. The maximum Gasteiger partial charge on any atom is 0.426 e. The second-order valence-corrected chi connectivity index (χ2v) is 16.6. The third-order valence-corrected chi connectivity index (χ3v) is 16.8. The summed E-state index contributed by atoms with van der Waals surface area (Å²) in [6.07, 6.45) is 0. The zero-order chi connectivity index (χ0) is 27.3. The van der Waals surface area contributed by atoms with Gasteiger partial charge in [0.05, 0.1) is 0 Å². The minimum absolute atomic E-state index is 0.